The molecule has 0 saturated carbocycles. The number of rotatable bonds is 4. The molecule has 27 heavy (non-hydrogen) atoms. The van der Waals surface area contributed by atoms with E-state index in [9.17, 15) is 4.79 Å². The molecule has 0 aliphatic rings. The fourth-order valence-corrected chi connectivity index (χ4v) is 3.22. The first-order valence-electron chi connectivity index (χ1n) is 8.56. The molecule has 0 bridgehead atoms. The fraction of sp³-hybridized carbons (Fsp3) is 0.150. The molecular weight excluding hydrogens is 406 g/mol. The van der Waals surface area contributed by atoms with Gasteiger partial charge in [-0.1, -0.05) is 6.07 Å². The SMILES string of the molecule is Cc1nn(-c2ccc(C(=O)NCc3cn4ccccc4n3)cc2)c(C)c1Br. The summed E-state index contributed by atoms with van der Waals surface area (Å²) < 4.78 is 4.79. The number of hydrogen-bond acceptors (Lipinski definition) is 3. The molecule has 4 aromatic rings. The monoisotopic (exact) mass is 423 g/mol. The molecule has 0 radical (unpaired) electrons. The van der Waals surface area contributed by atoms with Gasteiger partial charge in [-0.3, -0.25) is 4.79 Å². The van der Waals surface area contributed by atoms with Crippen molar-refractivity contribution in [2.75, 3.05) is 0 Å². The van der Waals surface area contributed by atoms with E-state index in [1.165, 1.54) is 0 Å². The third-order valence-electron chi connectivity index (χ3n) is 4.42. The number of benzene rings is 1. The van der Waals surface area contributed by atoms with Gasteiger partial charge in [0.05, 0.1) is 33.8 Å². The van der Waals surface area contributed by atoms with E-state index in [2.05, 4.69) is 31.3 Å². The van der Waals surface area contributed by atoms with Gasteiger partial charge in [-0.15, -0.1) is 0 Å². The molecule has 0 atom stereocenters. The minimum absolute atomic E-state index is 0.131. The molecule has 6 nitrogen and oxygen atoms in total. The summed E-state index contributed by atoms with van der Waals surface area (Å²) >= 11 is 3.54. The van der Waals surface area contributed by atoms with Gasteiger partial charge in [-0.2, -0.15) is 5.10 Å². The number of carbonyl (C=O) groups is 1. The molecule has 1 amide bonds. The molecule has 0 aliphatic heterocycles. The van der Waals surface area contributed by atoms with Gasteiger partial charge in [0.15, 0.2) is 0 Å². The topological polar surface area (TPSA) is 64.2 Å². The Hall–Kier alpha value is -2.93. The molecule has 1 aromatic carbocycles. The molecule has 1 N–H and O–H groups in total. The first-order chi connectivity index (χ1) is 13.0. The summed E-state index contributed by atoms with van der Waals surface area (Å²) in [4.78, 5) is 16.9. The van der Waals surface area contributed by atoms with E-state index in [1.54, 1.807) is 12.1 Å². The third-order valence-corrected chi connectivity index (χ3v) is 5.57. The summed E-state index contributed by atoms with van der Waals surface area (Å²) in [5.41, 5.74) is 5.15. The highest BCUT2D eigenvalue weighted by atomic mass is 79.9. The lowest BCUT2D eigenvalue weighted by molar-refractivity contribution is 0.0950. The zero-order chi connectivity index (χ0) is 19.0. The predicted octanol–water partition coefficient (Wildman–Crippen LogP) is 3.83. The van der Waals surface area contributed by atoms with Crippen LogP contribution in [0.3, 0.4) is 0 Å². The number of nitrogens with zero attached hydrogens (tertiary/aromatic N) is 4. The van der Waals surface area contributed by atoms with Crippen LogP contribution in [0.5, 0.6) is 0 Å². The van der Waals surface area contributed by atoms with Crippen LogP contribution < -0.4 is 5.32 Å². The highest BCUT2D eigenvalue weighted by Gasteiger charge is 2.12. The number of nitrogens with one attached hydrogen (secondary N) is 1. The maximum atomic E-state index is 12.4. The number of imidazole rings is 1. The Kier molecular flexibility index (Phi) is 4.53. The molecule has 0 unspecified atom stereocenters. The van der Waals surface area contributed by atoms with Crippen molar-refractivity contribution < 1.29 is 4.79 Å². The lowest BCUT2D eigenvalue weighted by Gasteiger charge is -2.07. The standard InChI is InChI=1S/C20H18BrN5O/c1-13-19(21)14(2)26(24-13)17-8-6-15(7-9-17)20(27)22-11-16-12-25-10-4-3-5-18(25)23-16/h3-10,12H,11H2,1-2H3,(H,22,27). The molecule has 7 heteroatoms. The number of carbonyl (C=O) groups excluding carboxylic acids is 1. The van der Waals surface area contributed by atoms with E-state index in [1.807, 2.05) is 65.7 Å². The van der Waals surface area contributed by atoms with Crippen LogP contribution in [0, 0.1) is 13.8 Å². The van der Waals surface area contributed by atoms with Crippen LogP contribution in [0.2, 0.25) is 0 Å². The average Bonchev–Trinajstić information content (AvgIpc) is 3.22. The molecule has 3 aromatic heterocycles. The van der Waals surface area contributed by atoms with Gasteiger partial charge in [-0.05, 0) is 66.2 Å². The number of halogens is 1. The van der Waals surface area contributed by atoms with Gasteiger partial charge in [0.2, 0.25) is 0 Å². The van der Waals surface area contributed by atoms with Crippen LogP contribution in [0.15, 0.2) is 59.3 Å². The smallest absolute Gasteiger partial charge is 0.251 e. The molecule has 0 saturated heterocycles. The van der Waals surface area contributed by atoms with Gasteiger partial charge in [0.1, 0.15) is 5.65 Å². The largest absolute Gasteiger partial charge is 0.346 e. The second-order valence-electron chi connectivity index (χ2n) is 6.32. The van der Waals surface area contributed by atoms with Gasteiger partial charge >= 0.3 is 0 Å². The summed E-state index contributed by atoms with van der Waals surface area (Å²) in [6.45, 7) is 4.33. The van der Waals surface area contributed by atoms with Crippen LogP contribution in [0.25, 0.3) is 11.3 Å². The van der Waals surface area contributed by atoms with E-state index >= 15 is 0 Å². The van der Waals surface area contributed by atoms with E-state index in [-0.39, 0.29) is 5.91 Å². The highest BCUT2D eigenvalue weighted by Crippen LogP contribution is 2.23. The van der Waals surface area contributed by atoms with Crippen molar-refractivity contribution in [3.8, 4) is 5.69 Å². The molecular formula is C20H18BrN5O. The Balaban J connectivity index is 1.46. The molecule has 0 spiro atoms. The Morgan fingerprint density at radius 1 is 1.15 bits per heavy atom. The number of hydrogen-bond donors (Lipinski definition) is 1. The van der Waals surface area contributed by atoms with Crippen LogP contribution in [0.4, 0.5) is 0 Å². The summed E-state index contributed by atoms with van der Waals surface area (Å²) in [5.74, 6) is -0.131. The Bertz CT molecular complexity index is 1090. The van der Waals surface area contributed by atoms with Crippen LogP contribution in [-0.2, 0) is 6.54 Å². The Morgan fingerprint density at radius 2 is 1.93 bits per heavy atom. The molecule has 3 heterocycles. The Labute approximate surface area is 165 Å². The number of amides is 1. The van der Waals surface area contributed by atoms with Crippen molar-refractivity contribution in [2.24, 2.45) is 0 Å². The summed E-state index contributed by atoms with van der Waals surface area (Å²) in [6, 6.07) is 13.2. The minimum Gasteiger partial charge on any atom is -0.346 e. The van der Waals surface area contributed by atoms with E-state index in [0.29, 0.717) is 12.1 Å². The minimum atomic E-state index is -0.131. The lowest BCUT2D eigenvalue weighted by Crippen LogP contribution is -2.22. The van der Waals surface area contributed by atoms with Crippen molar-refractivity contribution in [1.29, 1.82) is 0 Å². The van der Waals surface area contributed by atoms with E-state index in [4.69, 9.17) is 0 Å². The quantitative estimate of drug-likeness (QED) is 0.542. The molecule has 0 fully saturated rings. The molecule has 4 rings (SSSR count). The highest BCUT2D eigenvalue weighted by molar-refractivity contribution is 9.10. The van der Waals surface area contributed by atoms with Crippen molar-refractivity contribution in [1.82, 2.24) is 24.5 Å². The van der Waals surface area contributed by atoms with Gasteiger partial charge in [0.25, 0.3) is 5.91 Å². The van der Waals surface area contributed by atoms with Crippen molar-refractivity contribution >= 4 is 27.5 Å². The summed E-state index contributed by atoms with van der Waals surface area (Å²) in [7, 11) is 0. The third kappa shape index (κ3) is 3.38. The first-order valence-corrected chi connectivity index (χ1v) is 9.35. The number of aromatic nitrogens is 4. The van der Waals surface area contributed by atoms with Gasteiger partial charge in [-0.25, -0.2) is 9.67 Å². The lowest BCUT2D eigenvalue weighted by atomic mass is 10.2. The molecule has 0 aliphatic carbocycles. The van der Waals surface area contributed by atoms with Crippen LogP contribution in [0.1, 0.15) is 27.4 Å². The van der Waals surface area contributed by atoms with Crippen molar-refractivity contribution in [2.45, 2.75) is 20.4 Å². The van der Waals surface area contributed by atoms with Crippen molar-refractivity contribution in [3.05, 3.63) is 82.0 Å². The number of fused-ring (bicyclic) bond motifs is 1. The van der Waals surface area contributed by atoms with Gasteiger partial charge in [0, 0.05) is 18.0 Å². The number of aryl methyl sites for hydroxylation is 1. The van der Waals surface area contributed by atoms with Crippen LogP contribution in [-0.4, -0.2) is 25.1 Å². The average molecular weight is 424 g/mol. The first kappa shape index (κ1) is 17.5. The van der Waals surface area contributed by atoms with Crippen LogP contribution >= 0.6 is 15.9 Å². The fourth-order valence-electron chi connectivity index (χ4n) is 2.97. The number of pyridine rings is 1. The second kappa shape index (κ2) is 7.00. The summed E-state index contributed by atoms with van der Waals surface area (Å²) in [6.07, 6.45) is 3.85. The zero-order valence-corrected chi connectivity index (χ0v) is 16.6. The zero-order valence-electron chi connectivity index (χ0n) is 15.0. The van der Waals surface area contributed by atoms with Gasteiger partial charge < -0.3 is 9.72 Å². The Morgan fingerprint density at radius 3 is 2.59 bits per heavy atom. The molecule has 136 valence electrons. The summed E-state index contributed by atoms with van der Waals surface area (Å²) in [5, 5.41) is 7.43. The van der Waals surface area contributed by atoms with E-state index in [0.717, 1.165) is 32.9 Å². The maximum Gasteiger partial charge on any atom is 0.251 e. The maximum absolute atomic E-state index is 12.4. The predicted molar refractivity (Wildman–Crippen MR) is 107 cm³/mol. The normalized spacial score (nSPS) is 11.1. The van der Waals surface area contributed by atoms with Crippen molar-refractivity contribution in [3.63, 3.8) is 0 Å². The van der Waals surface area contributed by atoms with E-state index < -0.39 is 0 Å². The second-order valence-corrected chi connectivity index (χ2v) is 7.12.